The molecule has 3 aromatic rings. The van der Waals surface area contributed by atoms with Crippen LogP contribution in [0.15, 0.2) is 60.7 Å². The number of para-hydroxylation sites is 1. The summed E-state index contributed by atoms with van der Waals surface area (Å²) in [5.74, 6) is -3.60. The van der Waals surface area contributed by atoms with Crippen LogP contribution >= 0.6 is 0 Å². The summed E-state index contributed by atoms with van der Waals surface area (Å²) in [4.78, 5) is 3.40. The quantitative estimate of drug-likeness (QED) is 0.612. The van der Waals surface area contributed by atoms with E-state index in [2.05, 4.69) is 0 Å². The number of rotatable bonds is 4. The molecule has 29 heavy (non-hydrogen) atoms. The van der Waals surface area contributed by atoms with Gasteiger partial charge >= 0.3 is 0 Å². The normalized spacial score (nSPS) is 13.6. The summed E-state index contributed by atoms with van der Waals surface area (Å²) in [5.41, 5.74) is 2.77. The molecule has 1 aliphatic heterocycles. The van der Waals surface area contributed by atoms with Gasteiger partial charge in [-0.2, -0.15) is 0 Å². The van der Waals surface area contributed by atoms with Gasteiger partial charge < -0.3 is 9.80 Å². The molecule has 3 aromatic carbocycles. The highest BCUT2D eigenvalue weighted by Crippen LogP contribution is 2.30. The van der Waals surface area contributed by atoms with Crippen LogP contribution in [0.3, 0.4) is 0 Å². The van der Waals surface area contributed by atoms with Crippen molar-refractivity contribution in [3.63, 3.8) is 0 Å². The Morgan fingerprint density at radius 2 is 1.31 bits per heavy atom. The Kier molecular flexibility index (Phi) is 4.96. The van der Waals surface area contributed by atoms with Gasteiger partial charge in [0.1, 0.15) is 0 Å². The van der Waals surface area contributed by atoms with Crippen molar-refractivity contribution in [3.8, 4) is 0 Å². The zero-order valence-electron chi connectivity index (χ0n) is 15.3. The second kappa shape index (κ2) is 7.58. The predicted octanol–water partition coefficient (Wildman–Crippen LogP) is 5.20. The number of fused-ring (bicyclic) bond motifs is 1. The molecule has 0 aromatic heterocycles. The highest BCUT2D eigenvalue weighted by Gasteiger charge is 2.27. The van der Waals surface area contributed by atoms with Gasteiger partial charge in [0.2, 0.25) is 0 Å². The largest absolute Gasteiger partial charge is 0.334 e. The Morgan fingerprint density at radius 3 is 1.93 bits per heavy atom. The number of guanidine groups is 1. The molecule has 0 atom stereocenters. The zero-order chi connectivity index (χ0) is 20.5. The zero-order valence-corrected chi connectivity index (χ0v) is 15.3. The fraction of sp³-hybridized carbons (Fsp3) is 0.136. The van der Waals surface area contributed by atoms with E-state index in [0.717, 1.165) is 35.5 Å². The molecular formula is C22H17F4N3. The molecule has 7 heteroatoms. The number of nitrogens with zero attached hydrogens (tertiary/aromatic N) is 2. The summed E-state index contributed by atoms with van der Waals surface area (Å²) < 4.78 is 53.7. The molecule has 4 rings (SSSR count). The molecular weight excluding hydrogens is 382 g/mol. The molecule has 0 bridgehead atoms. The van der Waals surface area contributed by atoms with E-state index in [9.17, 15) is 17.6 Å². The second-order valence-corrected chi connectivity index (χ2v) is 6.89. The van der Waals surface area contributed by atoms with E-state index >= 15 is 0 Å². The molecule has 0 radical (unpaired) electrons. The van der Waals surface area contributed by atoms with Gasteiger partial charge in [-0.25, -0.2) is 17.6 Å². The van der Waals surface area contributed by atoms with Crippen molar-refractivity contribution in [1.82, 2.24) is 4.90 Å². The van der Waals surface area contributed by atoms with Crippen LogP contribution < -0.4 is 4.90 Å². The molecule has 0 saturated carbocycles. The van der Waals surface area contributed by atoms with Crippen LogP contribution in [0, 0.1) is 28.7 Å². The molecule has 0 fully saturated rings. The van der Waals surface area contributed by atoms with Gasteiger partial charge in [0, 0.05) is 18.8 Å². The molecule has 1 N–H and O–H groups in total. The average molecular weight is 399 g/mol. The number of anilines is 1. The lowest BCUT2D eigenvalue weighted by atomic mass is 10.1. The highest BCUT2D eigenvalue weighted by atomic mass is 19.2. The van der Waals surface area contributed by atoms with E-state index in [1.54, 1.807) is 9.80 Å². The SMILES string of the molecule is N=C1N(Cc2ccc(F)c(F)c2)Cc2ccccc2N1Cc1ccc(F)c(F)c1. The number of halogens is 4. The summed E-state index contributed by atoms with van der Waals surface area (Å²) in [5, 5.41) is 8.64. The molecule has 0 aliphatic carbocycles. The smallest absolute Gasteiger partial charge is 0.199 e. The van der Waals surface area contributed by atoms with Crippen molar-refractivity contribution in [3.05, 3.63) is 101 Å². The molecule has 0 spiro atoms. The van der Waals surface area contributed by atoms with Crippen LogP contribution in [0.5, 0.6) is 0 Å². The lowest BCUT2D eigenvalue weighted by Gasteiger charge is -2.39. The van der Waals surface area contributed by atoms with Crippen LogP contribution in [0.4, 0.5) is 23.2 Å². The van der Waals surface area contributed by atoms with E-state index in [1.165, 1.54) is 12.1 Å². The Balaban J connectivity index is 1.65. The highest BCUT2D eigenvalue weighted by molar-refractivity contribution is 5.96. The molecule has 3 nitrogen and oxygen atoms in total. The number of nitrogens with one attached hydrogen (secondary N) is 1. The van der Waals surface area contributed by atoms with Crippen molar-refractivity contribution in [1.29, 1.82) is 5.41 Å². The lowest BCUT2D eigenvalue weighted by molar-refractivity contribution is 0.383. The third kappa shape index (κ3) is 3.81. The Hall–Kier alpha value is -3.35. The Labute approximate surface area is 165 Å². The third-order valence-electron chi connectivity index (χ3n) is 4.88. The van der Waals surface area contributed by atoms with Crippen LogP contribution in [-0.4, -0.2) is 10.9 Å². The molecule has 0 unspecified atom stereocenters. The minimum absolute atomic E-state index is 0.137. The van der Waals surface area contributed by atoms with E-state index < -0.39 is 23.3 Å². The topological polar surface area (TPSA) is 30.3 Å². The first-order chi connectivity index (χ1) is 13.9. The summed E-state index contributed by atoms with van der Waals surface area (Å²) in [6, 6.07) is 14.8. The van der Waals surface area contributed by atoms with Crippen molar-refractivity contribution in [2.24, 2.45) is 0 Å². The van der Waals surface area contributed by atoms with Crippen LogP contribution in [-0.2, 0) is 19.6 Å². The first-order valence-electron chi connectivity index (χ1n) is 8.99. The van der Waals surface area contributed by atoms with Crippen LogP contribution in [0.2, 0.25) is 0 Å². The maximum absolute atomic E-state index is 13.6. The van der Waals surface area contributed by atoms with Crippen molar-refractivity contribution < 1.29 is 17.6 Å². The fourth-order valence-corrected chi connectivity index (χ4v) is 3.44. The number of hydrogen-bond donors (Lipinski definition) is 1. The van der Waals surface area contributed by atoms with Crippen LogP contribution in [0.25, 0.3) is 0 Å². The summed E-state index contributed by atoms with van der Waals surface area (Å²) >= 11 is 0. The third-order valence-corrected chi connectivity index (χ3v) is 4.88. The first kappa shape index (κ1) is 19.0. The number of benzene rings is 3. The van der Waals surface area contributed by atoms with Gasteiger partial charge in [0.15, 0.2) is 29.2 Å². The monoisotopic (exact) mass is 399 g/mol. The van der Waals surface area contributed by atoms with Gasteiger partial charge in [-0.3, -0.25) is 5.41 Å². The van der Waals surface area contributed by atoms with E-state index in [-0.39, 0.29) is 19.0 Å². The molecule has 1 heterocycles. The van der Waals surface area contributed by atoms with E-state index in [4.69, 9.17) is 5.41 Å². The molecule has 0 amide bonds. The van der Waals surface area contributed by atoms with E-state index in [0.29, 0.717) is 17.7 Å². The Bertz CT molecular complexity index is 1080. The summed E-state index contributed by atoms with van der Waals surface area (Å²) in [6.45, 7) is 0.794. The maximum atomic E-state index is 13.6. The van der Waals surface area contributed by atoms with Crippen molar-refractivity contribution >= 4 is 11.6 Å². The van der Waals surface area contributed by atoms with Gasteiger partial charge in [-0.15, -0.1) is 0 Å². The number of hydrogen-bond acceptors (Lipinski definition) is 1. The molecule has 148 valence electrons. The lowest BCUT2D eigenvalue weighted by Crippen LogP contribution is -2.46. The summed E-state index contributed by atoms with van der Waals surface area (Å²) in [6.07, 6.45) is 0. The predicted molar refractivity (Wildman–Crippen MR) is 102 cm³/mol. The van der Waals surface area contributed by atoms with Crippen LogP contribution in [0.1, 0.15) is 16.7 Å². The minimum Gasteiger partial charge on any atom is -0.334 e. The molecule has 0 saturated heterocycles. The van der Waals surface area contributed by atoms with E-state index in [1.807, 2.05) is 24.3 Å². The Morgan fingerprint density at radius 1 is 0.724 bits per heavy atom. The van der Waals surface area contributed by atoms with Crippen molar-refractivity contribution in [2.75, 3.05) is 4.90 Å². The van der Waals surface area contributed by atoms with Gasteiger partial charge in [-0.1, -0.05) is 30.3 Å². The average Bonchev–Trinajstić information content (AvgIpc) is 2.70. The van der Waals surface area contributed by atoms with Crippen molar-refractivity contribution in [2.45, 2.75) is 19.6 Å². The second-order valence-electron chi connectivity index (χ2n) is 6.89. The van der Waals surface area contributed by atoms with Gasteiger partial charge in [0.05, 0.1) is 6.54 Å². The fourth-order valence-electron chi connectivity index (χ4n) is 3.44. The minimum atomic E-state index is -0.946. The van der Waals surface area contributed by atoms with Gasteiger partial charge in [-0.05, 0) is 47.0 Å². The van der Waals surface area contributed by atoms with Gasteiger partial charge in [0.25, 0.3) is 0 Å². The summed E-state index contributed by atoms with van der Waals surface area (Å²) in [7, 11) is 0. The maximum Gasteiger partial charge on any atom is 0.199 e. The standard InChI is InChI=1S/C22H17F4N3/c23-17-7-5-14(9-19(17)25)11-28-13-16-3-1-2-4-21(16)29(22(28)27)12-15-6-8-18(24)20(26)10-15/h1-10,27H,11-13H2. The first-order valence-corrected chi connectivity index (χ1v) is 8.99. The molecule has 1 aliphatic rings.